The van der Waals surface area contributed by atoms with Crippen LogP contribution in [0.25, 0.3) is 0 Å². The molecule has 0 spiro atoms. The van der Waals surface area contributed by atoms with Crippen LogP contribution in [-0.2, 0) is 4.74 Å². The normalized spacial score (nSPS) is 26.8. The Hall–Kier alpha value is -0.0800. The number of rotatable bonds is 5. The predicted octanol–water partition coefficient (Wildman–Crippen LogP) is 2.60. The zero-order valence-electron chi connectivity index (χ0n) is 9.75. The molecule has 1 N–H and O–H groups in total. The molecule has 1 heterocycles. The number of hydrogen-bond donors (Lipinski definition) is 1. The van der Waals surface area contributed by atoms with Crippen LogP contribution in [0, 0.1) is 11.8 Å². The fourth-order valence-corrected chi connectivity index (χ4v) is 2.10. The summed E-state index contributed by atoms with van der Waals surface area (Å²) in [6, 6.07) is 0. The maximum absolute atomic E-state index is 10.2. The highest BCUT2D eigenvalue weighted by Gasteiger charge is 2.33. The zero-order chi connectivity index (χ0) is 10.6. The lowest BCUT2D eigenvalue weighted by Crippen LogP contribution is -2.34. The molecule has 2 atom stereocenters. The van der Waals surface area contributed by atoms with Gasteiger partial charge in [-0.1, -0.05) is 26.7 Å². The van der Waals surface area contributed by atoms with Gasteiger partial charge >= 0.3 is 0 Å². The largest absolute Gasteiger partial charge is 0.390 e. The van der Waals surface area contributed by atoms with Crippen LogP contribution >= 0.6 is 0 Å². The Morgan fingerprint density at radius 3 is 2.71 bits per heavy atom. The second kappa shape index (κ2) is 5.13. The van der Waals surface area contributed by atoms with Gasteiger partial charge in [0.2, 0.25) is 0 Å². The molecule has 2 unspecified atom stereocenters. The first kappa shape index (κ1) is 12.0. The van der Waals surface area contributed by atoms with Gasteiger partial charge in [-0.25, -0.2) is 0 Å². The maximum Gasteiger partial charge on any atom is 0.0670 e. The van der Waals surface area contributed by atoms with Gasteiger partial charge in [0.05, 0.1) is 12.2 Å². The Kier molecular flexibility index (Phi) is 4.39. The molecule has 2 nitrogen and oxygen atoms in total. The fraction of sp³-hybridized carbons (Fsp3) is 1.00. The minimum atomic E-state index is -0.509. The first-order valence-electron chi connectivity index (χ1n) is 5.82. The molecule has 2 heteroatoms. The predicted molar refractivity (Wildman–Crippen MR) is 58.2 cm³/mol. The molecule has 1 saturated heterocycles. The van der Waals surface area contributed by atoms with E-state index in [4.69, 9.17) is 4.74 Å². The average molecular weight is 200 g/mol. The molecular formula is C12H24O2. The second-order valence-corrected chi connectivity index (χ2v) is 5.20. The standard InChI is InChI=1S/C12H24O2/c1-10(2)5-4-7-12(3,13)11-6-8-14-9-11/h10-11,13H,4-9H2,1-3H3. The van der Waals surface area contributed by atoms with Crippen molar-refractivity contribution in [2.75, 3.05) is 13.2 Å². The van der Waals surface area contributed by atoms with Crippen LogP contribution in [-0.4, -0.2) is 23.9 Å². The molecule has 1 aliphatic rings. The third kappa shape index (κ3) is 3.58. The molecule has 1 rings (SSSR count). The highest BCUT2D eigenvalue weighted by molar-refractivity contribution is 4.84. The molecule has 0 amide bonds. The maximum atomic E-state index is 10.2. The molecule has 14 heavy (non-hydrogen) atoms. The molecule has 1 fully saturated rings. The molecule has 84 valence electrons. The van der Waals surface area contributed by atoms with Crippen molar-refractivity contribution < 1.29 is 9.84 Å². The van der Waals surface area contributed by atoms with Gasteiger partial charge in [0, 0.05) is 12.5 Å². The molecule has 0 aliphatic carbocycles. The summed E-state index contributed by atoms with van der Waals surface area (Å²) in [6.07, 6.45) is 4.28. The van der Waals surface area contributed by atoms with E-state index in [1.807, 2.05) is 6.92 Å². The van der Waals surface area contributed by atoms with Gasteiger partial charge in [-0.2, -0.15) is 0 Å². The molecular weight excluding hydrogens is 176 g/mol. The molecule has 0 aromatic heterocycles. The van der Waals surface area contributed by atoms with Crippen LogP contribution < -0.4 is 0 Å². The highest BCUT2D eigenvalue weighted by Crippen LogP contribution is 2.30. The Morgan fingerprint density at radius 2 is 2.21 bits per heavy atom. The monoisotopic (exact) mass is 200 g/mol. The third-order valence-corrected chi connectivity index (χ3v) is 3.27. The van der Waals surface area contributed by atoms with Crippen LogP contribution in [0.3, 0.4) is 0 Å². The van der Waals surface area contributed by atoms with E-state index in [1.165, 1.54) is 6.42 Å². The Morgan fingerprint density at radius 1 is 1.50 bits per heavy atom. The molecule has 0 saturated carbocycles. The molecule has 0 bridgehead atoms. The van der Waals surface area contributed by atoms with Crippen LogP contribution in [0.2, 0.25) is 0 Å². The van der Waals surface area contributed by atoms with E-state index < -0.39 is 5.60 Å². The first-order valence-corrected chi connectivity index (χ1v) is 5.82. The van der Waals surface area contributed by atoms with Gasteiger partial charge < -0.3 is 9.84 Å². The van der Waals surface area contributed by atoms with E-state index in [9.17, 15) is 5.11 Å². The quantitative estimate of drug-likeness (QED) is 0.739. The van der Waals surface area contributed by atoms with Gasteiger partial charge in [0.25, 0.3) is 0 Å². The van der Waals surface area contributed by atoms with Crippen molar-refractivity contribution in [3.8, 4) is 0 Å². The minimum absolute atomic E-state index is 0.356. The van der Waals surface area contributed by atoms with Crippen molar-refractivity contribution in [2.45, 2.75) is 52.1 Å². The summed E-state index contributed by atoms with van der Waals surface area (Å²) in [5.74, 6) is 1.10. The van der Waals surface area contributed by atoms with E-state index in [1.54, 1.807) is 0 Å². The highest BCUT2D eigenvalue weighted by atomic mass is 16.5. The van der Waals surface area contributed by atoms with E-state index in [-0.39, 0.29) is 0 Å². The molecule has 0 radical (unpaired) electrons. The Labute approximate surface area is 87.7 Å². The first-order chi connectivity index (χ1) is 6.52. The van der Waals surface area contributed by atoms with Gasteiger partial charge in [0.1, 0.15) is 0 Å². The summed E-state index contributed by atoms with van der Waals surface area (Å²) in [5, 5.41) is 10.2. The van der Waals surface area contributed by atoms with Crippen LogP contribution in [0.4, 0.5) is 0 Å². The fourth-order valence-electron chi connectivity index (χ4n) is 2.10. The Balaban J connectivity index is 2.25. The van der Waals surface area contributed by atoms with Gasteiger partial charge in [-0.05, 0) is 25.7 Å². The van der Waals surface area contributed by atoms with Crippen molar-refractivity contribution in [3.05, 3.63) is 0 Å². The summed E-state index contributed by atoms with van der Waals surface area (Å²) in [4.78, 5) is 0. The number of ether oxygens (including phenoxy) is 1. The lowest BCUT2D eigenvalue weighted by atomic mass is 9.83. The molecule has 0 aromatic carbocycles. The van der Waals surface area contributed by atoms with Gasteiger partial charge in [0.15, 0.2) is 0 Å². The summed E-state index contributed by atoms with van der Waals surface area (Å²) in [5.41, 5.74) is -0.509. The van der Waals surface area contributed by atoms with Crippen molar-refractivity contribution >= 4 is 0 Å². The topological polar surface area (TPSA) is 29.5 Å². The SMILES string of the molecule is CC(C)CCCC(C)(O)C1CCOC1. The van der Waals surface area contributed by atoms with Crippen molar-refractivity contribution in [2.24, 2.45) is 11.8 Å². The lowest BCUT2D eigenvalue weighted by Gasteiger charge is -2.29. The van der Waals surface area contributed by atoms with Crippen molar-refractivity contribution in [1.29, 1.82) is 0 Å². The van der Waals surface area contributed by atoms with E-state index in [0.717, 1.165) is 38.4 Å². The third-order valence-electron chi connectivity index (χ3n) is 3.27. The number of hydrogen-bond acceptors (Lipinski definition) is 2. The van der Waals surface area contributed by atoms with Crippen molar-refractivity contribution in [3.63, 3.8) is 0 Å². The van der Waals surface area contributed by atoms with Gasteiger partial charge in [-0.3, -0.25) is 0 Å². The zero-order valence-corrected chi connectivity index (χ0v) is 9.75. The van der Waals surface area contributed by atoms with E-state index in [2.05, 4.69) is 13.8 Å². The van der Waals surface area contributed by atoms with E-state index >= 15 is 0 Å². The van der Waals surface area contributed by atoms with Gasteiger partial charge in [-0.15, -0.1) is 0 Å². The Bertz CT molecular complexity index is 158. The van der Waals surface area contributed by atoms with Crippen LogP contribution in [0.1, 0.15) is 46.5 Å². The average Bonchev–Trinajstić information content (AvgIpc) is 2.54. The lowest BCUT2D eigenvalue weighted by molar-refractivity contribution is -0.0147. The second-order valence-electron chi connectivity index (χ2n) is 5.20. The summed E-state index contributed by atoms with van der Waals surface area (Å²) < 4.78 is 5.31. The summed E-state index contributed by atoms with van der Waals surface area (Å²) in [7, 11) is 0. The summed E-state index contributed by atoms with van der Waals surface area (Å²) >= 11 is 0. The van der Waals surface area contributed by atoms with Crippen LogP contribution in [0.5, 0.6) is 0 Å². The smallest absolute Gasteiger partial charge is 0.0670 e. The molecule has 1 aliphatic heterocycles. The van der Waals surface area contributed by atoms with Crippen LogP contribution in [0.15, 0.2) is 0 Å². The molecule has 0 aromatic rings. The van der Waals surface area contributed by atoms with E-state index in [0.29, 0.717) is 5.92 Å². The van der Waals surface area contributed by atoms with Crippen molar-refractivity contribution in [1.82, 2.24) is 0 Å². The summed E-state index contributed by atoms with van der Waals surface area (Å²) in [6.45, 7) is 7.99. The number of aliphatic hydroxyl groups is 1. The minimum Gasteiger partial charge on any atom is -0.390 e.